The third-order valence-electron chi connectivity index (χ3n) is 1.57. The van der Waals surface area contributed by atoms with E-state index in [1.165, 1.54) is 5.22 Å². The molecule has 0 amide bonds. The molecule has 0 aliphatic carbocycles. The van der Waals surface area contributed by atoms with Crippen LogP contribution in [0, 0.1) is 0 Å². The van der Waals surface area contributed by atoms with Gasteiger partial charge in [-0.15, -0.1) is 0 Å². The molecule has 1 aliphatic rings. The number of rotatable bonds is 0. The second-order valence-electron chi connectivity index (χ2n) is 2.34. The van der Waals surface area contributed by atoms with E-state index in [1.807, 2.05) is 24.3 Å². The van der Waals surface area contributed by atoms with Gasteiger partial charge in [0.25, 0.3) is 5.36 Å². The molecule has 1 aliphatic heterocycles. The first-order valence-corrected chi connectivity index (χ1v) is 4.16. The summed E-state index contributed by atoms with van der Waals surface area (Å²) in [6.07, 6.45) is 5.79. The Labute approximate surface area is 72.9 Å². The monoisotopic (exact) mass is 207 g/mol. The highest BCUT2D eigenvalue weighted by Crippen LogP contribution is 2.01. The summed E-state index contributed by atoms with van der Waals surface area (Å²) >= 11 is 3.40. The maximum atomic E-state index is 4.20. The fraction of sp³-hybridized carbons (Fsp3) is 0. The van der Waals surface area contributed by atoms with E-state index in [0.29, 0.717) is 0 Å². The first kappa shape index (κ1) is 6.80. The molecule has 0 unspecified atom stereocenters. The molecule has 11 heavy (non-hydrogen) atoms. The number of hydrogen-bond acceptors (Lipinski definition) is 1. The van der Waals surface area contributed by atoms with Crippen molar-refractivity contribution in [1.82, 2.24) is 4.99 Å². The Bertz CT molecular complexity index is 418. The molecule has 1 heterocycles. The van der Waals surface area contributed by atoms with Crippen LogP contribution in [-0.4, -0.2) is 0 Å². The molecule has 0 fully saturated rings. The van der Waals surface area contributed by atoms with Crippen molar-refractivity contribution in [1.29, 1.82) is 0 Å². The van der Waals surface area contributed by atoms with Crippen LogP contribution in [-0.2, 0) is 0 Å². The summed E-state index contributed by atoms with van der Waals surface area (Å²) in [7, 11) is 0. The molecule has 2 heteroatoms. The van der Waals surface area contributed by atoms with Crippen LogP contribution in [0.3, 0.4) is 0 Å². The van der Waals surface area contributed by atoms with Crippen LogP contribution in [0.4, 0.5) is 0 Å². The fourth-order valence-corrected chi connectivity index (χ4v) is 1.43. The highest BCUT2D eigenvalue weighted by atomic mass is 79.9. The Morgan fingerprint density at radius 3 is 3.09 bits per heavy atom. The number of allylic oxidation sites excluding steroid dienone is 1. The molecule has 1 nitrogen and oxygen atoms in total. The minimum atomic E-state index is 1.04. The van der Waals surface area contributed by atoms with Gasteiger partial charge in [-0.1, -0.05) is 15.9 Å². The number of benzene rings is 1. The second kappa shape index (κ2) is 2.62. The maximum Gasteiger partial charge on any atom is 0.284 e. The van der Waals surface area contributed by atoms with E-state index in [2.05, 4.69) is 27.0 Å². The van der Waals surface area contributed by atoms with E-state index in [1.54, 1.807) is 6.20 Å². The summed E-state index contributed by atoms with van der Waals surface area (Å²) in [5.41, 5.74) is 0. The Hall–Kier alpha value is -0.890. The summed E-state index contributed by atoms with van der Waals surface area (Å²) in [5, 5.41) is 2.21. The molecule has 1 aromatic carbocycles. The van der Waals surface area contributed by atoms with E-state index < -0.39 is 0 Å². The van der Waals surface area contributed by atoms with Crippen molar-refractivity contribution in [2.45, 2.75) is 0 Å². The summed E-state index contributed by atoms with van der Waals surface area (Å²) in [6, 6.07) is 6.05. The van der Waals surface area contributed by atoms with Crippen LogP contribution in [0.1, 0.15) is 0 Å². The lowest BCUT2D eigenvalue weighted by Crippen LogP contribution is -2.29. The highest BCUT2D eigenvalue weighted by Gasteiger charge is 1.99. The van der Waals surface area contributed by atoms with Crippen molar-refractivity contribution in [3.63, 3.8) is 0 Å². The molecule has 0 saturated carbocycles. The quantitative estimate of drug-likeness (QED) is 0.596. The summed E-state index contributed by atoms with van der Waals surface area (Å²) in [4.78, 5) is 4.20. The molecule has 0 atom stereocenters. The zero-order valence-corrected chi connectivity index (χ0v) is 7.38. The summed E-state index contributed by atoms with van der Waals surface area (Å²) < 4.78 is 1.10. The molecule has 1 aromatic rings. The normalized spacial score (nSPS) is 13.2. The van der Waals surface area contributed by atoms with Gasteiger partial charge < -0.3 is 0 Å². The lowest BCUT2D eigenvalue weighted by atomic mass is 10.2. The molecule has 0 N–H and O–H groups in total. The minimum Gasteiger partial charge on any atom is -0.0508 e. The molecule has 1 radical (unpaired) electrons. The van der Waals surface area contributed by atoms with Crippen LogP contribution in [0.5, 0.6) is 0 Å². The molecular formula is C9H6BrN+. The number of halogens is 1. The highest BCUT2D eigenvalue weighted by molar-refractivity contribution is 9.10. The number of hydrogen-bond donors (Lipinski definition) is 0. The van der Waals surface area contributed by atoms with Gasteiger partial charge in [0.1, 0.15) is 0 Å². The largest absolute Gasteiger partial charge is 0.284 e. The number of nitrogens with zero attached hydrogens (tertiary/aromatic N) is 1. The van der Waals surface area contributed by atoms with Gasteiger partial charge in [0.05, 0.1) is 10.2 Å². The van der Waals surface area contributed by atoms with E-state index in [4.69, 9.17) is 0 Å². The Morgan fingerprint density at radius 1 is 1.27 bits per heavy atom. The standard InChI is InChI=1S/C9H6BrN/c10-8-3-4-9-7(6-8)2-1-5-11-9/h1-6H/q+1. The van der Waals surface area contributed by atoms with Crippen molar-refractivity contribution in [3.05, 3.63) is 45.5 Å². The average molecular weight is 208 g/mol. The number of fused-ring (bicyclic) bond motifs is 1. The zero-order chi connectivity index (χ0) is 7.68. The van der Waals surface area contributed by atoms with Crippen molar-refractivity contribution in [2.75, 3.05) is 0 Å². The van der Waals surface area contributed by atoms with Crippen LogP contribution >= 0.6 is 15.9 Å². The molecule has 0 aromatic heterocycles. The second-order valence-corrected chi connectivity index (χ2v) is 3.26. The van der Waals surface area contributed by atoms with Crippen LogP contribution in [0.15, 0.2) is 34.9 Å². The van der Waals surface area contributed by atoms with Gasteiger partial charge in [-0.2, -0.15) is 0 Å². The Balaban J connectivity index is 2.86. The first-order chi connectivity index (χ1) is 5.36. The molecular weight excluding hydrogens is 202 g/mol. The van der Waals surface area contributed by atoms with Crippen LogP contribution in [0.25, 0.3) is 6.08 Å². The Morgan fingerprint density at radius 2 is 2.18 bits per heavy atom. The van der Waals surface area contributed by atoms with Crippen LogP contribution in [0.2, 0.25) is 0 Å². The lowest BCUT2D eigenvalue weighted by Gasteiger charge is -1.85. The third kappa shape index (κ3) is 1.26. The van der Waals surface area contributed by atoms with E-state index in [0.717, 1.165) is 9.83 Å². The predicted octanol–water partition coefficient (Wildman–Crippen LogP) is 0.712. The minimum absolute atomic E-state index is 1.04. The van der Waals surface area contributed by atoms with Gasteiger partial charge in [-0.3, -0.25) is 0 Å². The third-order valence-corrected chi connectivity index (χ3v) is 2.06. The van der Waals surface area contributed by atoms with Gasteiger partial charge in [-0.25, -0.2) is 0 Å². The molecule has 0 saturated heterocycles. The topological polar surface area (TPSA) is 14.1 Å². The van der Waals surface area contributed by atoms with E-state index >= 15 is 0 Å². The molecule has 0 spiro atoms. The summed E-state index contributed by atoms with van der Waals surface area (Å²) in [5.74, 6) is 0. The first-order valence-electron chi connectivity index (χ1n) is 3.36. The smallest absolute Gasteiger partial charge is 0.0508 e. The predicted molar refractivity (Wildman–Crippen MR) is 48.2 cm³/mol. The van der Waals surface area contributed by atoms with Gasteiger partial charge in [0.2, 0.25) is 6.20 Å². The van der Waals surface area contributed by atoms with Gasteiger partial charge in [0, 0.05) is 16.6 Å². The SMILES string of the molecule is Brc1ccc2c(c1)=CC=C[N+]=2. The van der Waals surface area contributed by atoms with Crippen molar-refractivity contribution in [2.24, 2.45) is 0 Å². The van der Waals surface area contributed by atoms with Gasteiger partial charge >= 0.3 is 0 Å². The van der Waals surface area contributed by atoms with E-state index in [-0.39, 0.29) is 0 Å². The fourth-order valence-electron chi connectivity index (χ4n) is 1.05. The van der Waals surface area contributed by atoms with E-state index in [9.17, 15) is 0 Å². The van der Waals surface area contributed by atoms with Crippen molar-refractivity contribution < 1.29 is 0 Å². The Kier molecular flexibility index (Phi) is 1.62. The molecule has 2 rings (SSSR count). The zero-order valence-electron chi connectivity index (χ0n) is 5.79. The van der Waals surface area contributed by atoms with Gasteiger partial charge in [0.15, 0.2) is 0 Å². The molecule has 53 valence electrons. The summed E-state index contributed by atoms with van der Waals surface area (Å²) in [6.45, 7) is 0. The molecule has 0 bridgehead atoms. The lowest BCUT2D eigenvalue weighted by molar-refractivity contribution is 1.17. The average Bonchev–Trinajstić information content (AvgIpc) is 2.04. The van der Waals surface area contributed by atoms with Crippen molar-refractivity contribution in [3.8, 4) is 0 Å². The van der Waals surface area contributed by atoms with Crippen molar-refractivity contribution >= 4 is 22.0 Å². The van der Waals surface area contributed by atoms with Gasteiger partial charge in [-0.05, 0) is 18.2 Å². The maximum absolute atomic E-state index is 4.20. The van der Waals surface area contributed by atoms with Crippen LogP contribution < -0.4 is 15.6 Å².